The van der Waals surface area contributed by atoms with E-state index in [1.165, 1.54) is 147 Å². The summed E-state index contributed by atoms with van der Waals surface area (Å²) in [6.07, 6.45) is 21.9. The van der Waals surface area contributed by atoms with Crippen molar-refractivity contribution in [1.29, 1.82) is 0 Å². The zero-order chi connectivity index (χ0) is 23.6. The van der Waals surface area contributed by atoms with Crippen LogP contribution in [0.1, 0.15) is 116 Å². The second-order valence-corrected chi connectivity index (χ2v) is 10.2. The number of methoxy groups -OCH3 is 1. The molecule has 1 aliphatic rings. The number of ether oxygens (including phenoxy) is 1. The Balaban J connectivity index is 1.49. The highest BCUT2D eigenvalue weighted by Crippen LogP contribution is 2.30. The molecular weight excluding hydrogens is 404 g/mol. The highest BCUT2D eigenvalue weighted by atomic mass is 16.5. The predicted molar refractivity (Wildman–Crippen MR) is 146 cm³/mol. The quantitative estimate of drug-likeness (QED) is 0.183. The van der Waals surface area contributed by atoms with Gasteiger partial charge in [-0.3, -0.25) is 0 Å². The third-order valence-corrected chi connectivity index (χ3v) is 7.31. The van der Waals surface area contributed by atoms with E-state index in [-0.39, 0.29) is 0 Å². The minimum atomic E-state index is 0.997. The number of aryl methyl sites for hydroxylation is 1. The van der Waals surface area contributed by atoms with Crippen molar-refractivity contribution < 1.29 is 4.74 Å². The van der Waals surface area contributed by atoms with Crippen molar-refractivity contribution in [3.8, 4) is 5.75 Å². The first-order chi connectivity index (χ1) is 16.3. The van der Waals surface area contributed by atoms with Crippen LogP contribution in [0.25, 0.3) is 0 Å². The Bertz CT molecular complexity index is 593. The highest BCUT2D eigenvalue weighted by Gasteiger charge is 2.16. The van der Waals surface area contributed by atoms with Crippen molar-refractivity contribution in [2.24, 2.45) is 0 Å². The van der Waals surface area contributed by atoms with Gasteiger partial charge in [-0.15, -0.1) is 0 Å². The van der Waals surface area contributed by atoms with E-state index in [0.717, 1.165) is 5.75 Å². The van der Waals surface area contributed by atoms with E-state index < -0.39 is 0 Å². The van der Waals surface area contributed by atoms with Crippen molar-refractivity contribution in [3.05, 3.63) is 23.8 Å². The number of fused-ring (bicyclic) bond motifs is 1. The number of nitrogens with zero attached hydrogens (tertiary/aromatic N) is 2. The van der Waals surface area contributed by atoms with Crippen molar-refractivity contribution in [2.75, 3.05) is 44.7 Å². The smallest absolute Gasteiger partial charge is 0.119 e. The number of rotatable bonds is 20. The van der Waals surface area contributed by atoms with E-state index in [4.69, 9.17) is 4.74 Å². The molecule has 3 nitrogen and oxygen atoms in total. The van der Waals surface area contributed by atoms with Gasteiger partial charge in [0.15, 0.2) is 0 Å². The van der Waals surface area contributed by atoms with Crippen LogP contribution >= 0.6 is 0 Å². The first-order valence-electron chi connectivity index (χ1n) is 14.4. The summed E-state index contributed by atoms with van der Waals surface area (Å²) in [5, 5.41) is 0. The standard InChI is InChI=1S/C30H54N2O/c1-4-6-14-22-31(23-15-7-5-2)24-16-12-10-8-9-11-13-17-25-32-26-18-19-28-27-29(33-3)20-21-30(28)32/h20-21,27H,4-19,22-26H2,1-3H3. The number of unbranched alkanes of at least 4 members (excludes halogenated alkanes) is 11. The second kappa shape index (κ2) is 18.2. The molecule has 0 spiro atoms. The Morgan fingerprint density at radius 1 is 0.758 bits per heavy atom. The van der Waals surface area contributed by atoms with Crippen molar-refractivity contribution >= 4 is 5.69 Å². The fourth-order valence-electron chi connectivity index (χ4n) is 5.22. The summed E-state index contributed by atoms with van der Waals surface area (Å²) in [5.74, 6) is 0.997. The average Bonchev–Trinajstić information content (AvgIpc) is 2.84. The summed E-state index contributed by atoms with van der Waals surface area (Å²) >= 11 is 0. The molecule has 0 aliphatic carbocycles. The van der Waals surface area contributed by atoms with Crippen LogP contribution in [-0.2, 0) is 6.42 Å². The van der Waals surface area contributed by atoms with E-state index in [1.807, 2.05) is 0 Å². The largest absolute Gasteiger partial charge is 0.497 e. The monoisotopic (exact) mass is 458 g/mol. The summed E-state index contributed by atoms with van der Waals surface area (Å²) < 4.78 is 5.41. The molecule has 1 heterocycles. The first kappa shape index (κ1) is 28.0. The number of hydrogen-bond donors (Lipinski definition) is 0. The van der Waals surface area contributed by atoms with Gasteiger partial charge in [-0.05, 0) is 81.9 Å². The summed E-state index contributed by atoms with van der Waals surface area (Å²) in [7, 11) is 1.76. The molecule has 0 unspecified atom stereocenters. The molecule has 0 N–H and O–H groups in total. The predicted octanol–water partition coefficient (Wildman–Crippen LogP) is 8.25. The average molecular weight is 459 g/mol. The Morgan fingerprint density at radius 2 is 1.33 bits per heavy atom. The molecule has 0 radical (unpaired) electrons. The molecule has 1 aromatic carbocycles. The van der Waals surface area contributed by atoms with E-state index in [9.17, 15) is 0 Å². The molecule has 1 aromatic rings. The third-order valence-electron chi connectivity index (χ3n) is 7.31. The van der Waals surface area contributed by atoms with E-state index >= 15 is 0 Å². The van der Waals surface area contributed by atoms with Crippen molar-refractivity contribution in [3.63, 3.8) is 0 Å². The lowest BCUT2D eigenvalue weighted by Gasteiger charge is -2.31. The maximum atomic E-state index is 5.41. The topological polar surface area (TPSA) is 15.7 Å². The molecule has 3 heteroatoms. The summed E-state index contributed by atoms with van der Waals surface area (Å²) in [6.45, 7) is 11.0. The molecule has 33 heavy (non-hydrogen) atoms. The molecule has 2 rings (SSSR count). The SMILES string of the molecule is CCCCCN(CCCCC)CCCCCCCCCCN1CCCc2cc(OC)ccc21. The number of hydrogen-bond acceptors (Lipinski definition) is 3. The number of benzene rings is 1. The van der Waals surface area contributed by atoms with Crippen LogP contribution in [0, 0.1) is 0 Å². The lowest BCUT2D eigenvalue weighted by molar-refractivity contribution is 0.255. The van der Waals surface area contributed by atoms with Gasteiger partial charge in [0.05, 0.1) is 7.11 Å². The summed E-state index contributed by atoms with van der Waals surface area (Å²) in [6, 6.07) is 6.62. The molecule has 0 bridgehead atoms. The van der Waals surface area contributed by atoms with Gasteiger partial charge in [-0.2, -0.15) is 0 Å². The molecular formula is C30H54N2O. The van der Waals surface area contributed by atoms with Crippen LogP contribution in [0.15, 0.2) is 18.2 Å². The fourth-order valence-corrected chi connectivity index (χ4v) is 5.22. The number of anilines is 1. The molecule has 0 fully saturated rings. The van der Waals surface area contributed by atoms with Gasteiger partial charge >= 0.3 is 0 Å². The van der Waals surface area contributed by atoms with Gasteiger partial charge in [-0.1, -0.05) is 78.1 Å². The maximum Gasteiger partial charge on any atom is 0.119 e. The first-order valence-corrected chi connectivity index (χ1v) is 14.4. The van der Waals surface area contributed by atoms with E-state index in [0.29, 0.717) is 0 Å². The Hall–Kier alpha value is -1.22. The fraction of sp³-hybridized carbons (Fsp3) is 0.800. The zero-order valence-electron chi connectivity index (χ0n) is 22.4. The normalized spacial score (nSPS) is 13.5. The van der Waals surface area contributed by atoms with Crippen molar-refractivity contribution in [1.82, 2.24) is 4.90 Å². The second-order valence-electron chi connectivity index (χ2n) is 10.2. The highest BCUT2D eigenvalue weighted by molar-refractivity contribution is 5.58. The maximum absolute atomic E-state index is 5.41. The molecule has 0 aromatic heterocycles. The molecule has 190 valence electrons. The van der Waals surface area contributed by atoms with Gasteiger partial charge in [-0.25, -0.2) is 0 Å². The van der Waals surface area contributed by atoms with E-state index in [2.05, 4.69) is 41.8 Å². The molecule has 0 atom stereocenters. The van der Waals surface area contributed by atoms with Crippen LogP contribution in [0.3, 0.4) is 0 Å². The van der Waals surface area contributed by atoms with Gasteiger partial charge in [0.2, 0.25) is 0 Å². The van der Waals surface area contributed by atoms with Crippen LogP contribution in [0.5, 0.6) is 5.75 Å². The Kier molecular flexibility index (Phi) is 15.4. The Labute approximate surface area is 206 Å². The van der Waals surface area contributed by atoms with Gasteiger partial charge < -0.3 is 14.5 Å². The minimum Gasteiger partial charge on any atom is -0.497 e. The van der Waals surface area contributed by atoms with Gasteiger partial charge in [0, 0.05) is 18.8 Å². The van der Waals surface area contributed by atoms with Crippen LogP contribution in [0.4, 0.5) is 5.69 Å². The molecule has 0 saturated heterocycles. The minimum absolute atomic E-state index is 0.997. The lowest BCUT2D eigenvalue weighted by Crippen LogP contribution is -2.30. The molecule has 0 amide bonds. The summed E-state index contributed by atoms with van der Waals surface area (Å²) in [5.41, 5.74) is 2.91. The molecule has 1 aliphatic heterocycles. The van der Waals surface area contributed by atoms with Crippen LogP contribution < -0.4 is 9.64 Å². The van der Waals surface area contributed by atoms with E-state index in [1.54, 1.807) is 7.11 Å². The molecule has 0 saturated carbocycles. The van der Waals surface area contributed by atoms with Gasteiger partial charge in [0.1, 0.15) is 5.75 Å². The third kappa shape index (κ3) is 11.7. The Morgan fingerprint density at radius 3 is 1.94 bits per heavy atom. The van der Waals surface area contributed by atoms with Crippen LogP contribution in [-0.4, -0.2) is 44.7 Å². The zero-order valence-corrected chi connectivity index (χ0v) is 22.4. The lowest BCUT2D eigenvalue weighted by atomic mass is 10.0. The summed E-state index contributed by atoms with van der Waals surface area (Å²) in [4.78, 5) is 5.35. The van der Waals surface area contributed by atoms with Gasteiger partial charge in [0.25, 0.3) is 0 Å². The van der Waals surface area contributed by atoms with Crippen molar-refractivity contribution in [2.45, 2.75) is 117 Å². The van der Waals surface area contributed by atoms with Crippen LogP contribution in [0.2, 0.25) is 0 Å².